The maximum Gasteiger partial charge on any atom is 0.286 e. The molecule has 0 bridgehead atoms. The maximum absolute atomic E-state index is 12.7. The number of benzene rings is 2. The van der Waals surface area contributed by atoms with Gasteiger partial charge in [-0.05, 0) is 17.7 Å². The lowest BCUT2D eigenvalue weighted by Gasteiger charge is -2.11. The second-order valence-corrected chi connectivity index (χ2v) is 7.38. The molecule has 0 N–H and O–H groups in total. The van der Waals surface area contributed by atoms with Gasteiger partial charge in [-0.15, -0.1) is 11.3 Å². The van der Waals surface area contributed by atoms with Crippen LogP contribution in [0.15, 0.2) is 65.6 Å². The molecule has 0 unspecified atom stereocenters. The average molecular weight is 393 g/mol. The third kappa shape index (κ3) is 3.35. The summed E-state index contributed by atoms with van der Waals surface area (Å²) in [4.78, 5) is 17.2. The monoisotopic (exact) mass is 392 g/mol. The van der Waals surface area contributed by atoms with Crippen LogP contribution in [0.4, 0.5) is 0 Å². The van der Waals surface area contributed by atoms with Crippen LogP contribution in [0.2, 0.25) is 5.02 Å². The summed E-state index contributed by atoms with van der Waals surface area (Å²) in [6.07, 6.45) is 1.49. The van der Waals surface area contributed by atoms with Crippen LogP contribution in [0, 0.1) is 11.3 Å². The van der Waals surface area contributed by atoms with Gasteiger partial charge in [0.05, 0.1) is 29.0 Å². The van der Waals surface area contributed by atoms with Crippen molar-refractivity contribution in [1.82, 2.24) is 14.8 Å². The van der Waals surface area contributed by atoms with Crippen molar-refractivity contribution < 1.29 is 0 Å². The van der Waals surface area contributed by atoms with Crippen LogP contribution in [-0.4, -0.2) is 14.8 Å². The Kier molecular flexibility index (Phi) is 4.71. The standard InChI is InChI=1S/C20H13ClN4OS/c21-18-15(11-23-25(20(18)26)12-13-6-2-1-3-7-13)14(10-22)19-24-16-8-4-5-9-17(16)27-19/h1-9,11,14H,12H2/t14-/m1/s1. The topological polar surface area (TPSA) is 71.6 Å². The quantitative estimate of drug-likeness (QED) is 0.521. The first-order chi connectivity index (χ1) is 13.2. The summed E-state index contributed by atoms with van der Waals surface area (Å²) in [5.41, 5.74) is 1.73. The molecular weight excluding hydrogens is 380 g/mol. The molecule has 4 rings (SSSR count). The van der Waals surface area contributed by atoms with Crippen LogP contribution in [-0.2, 0) is 6.54 Å². The molecule has 2 aromatic heterocycles. The Morgan fingerprint density at radius 2 is 1.89 bits per heavy atom. The molecule has 0 fully saturated rings. The normalized spacial score (nSPS) is 12.0. The molecule has 0 radical (unpaired) electrons. The van der Waals surface area contributed by atoms with E-state index in [1.807, 2.05) is 54.6 Å². The molecular formula is C20H13ClN4OS. The van der Waals surface area contributed by atoms with Crippen molar-refractivity contribution in [3.8, 4) is 6.07 Å². The van der Waals surface area contributed by atoms with E-state index in [4.69, 9.17) is 11.6 Å². The Morgan fingerprint density at radius 3 is 2.63 bits per heavy atom. The SMILES string of the molecule is N#C[C@@H](c1nc2ccccc2s1)c1cnn(Cc2ccccc2)c(=O)c1Cl. The van der Waals surface area contributed by atoms with Crippen LogP contribution in [0.1, 0.15) is 22.1 Å². The fourth-order valence-electron chi connectivity index (χ4n) is 2.82. The Hall–Kier alpha value is -3.01. The highest BCUT2D eigenvalue weighted by Gasteiger charge is 2.23. The van der Waals surface area contributed by atoms with E-state index in [2.05, 4.69) is 16.2 Å². The Labute approximate surface area is 164 Å². The number of hydrogen-bond donors (Lipinski definition) is 0. The molecule has 4 aromatic rings. The number of halogens is 1. The lowest BCUT2D eigenvalue weighted by molar-refractivity contribution is 0.633. The molecule has 0 aliphatic heterocycles. The van der Waals surface area contributed by atoms with Gasteiger partial charge in [0.15, 0.2) is 0 Å². The molecule has 5 nitrogen and oxygen atoms in total. The number of fused-ring (bicyclic) bond motifs is 1. The predicted molar refractivity (Wildman–Crippen MR) is 106 cm³/mol. The van der Waals surface area contributed by atoms with Gasteiger partial charge in [-0.25, -0.2) is 9.67 Å². The molecule has 0 aliphatic carbocycles. The largest absolute Gasteiger partial charge is 0.286 e. The summed E-state index contributed by atoms with van der Waals surface area (Å²) < 4.78 is 2.28. The van der Waals surface area contributed by atoms with E-state index in [1.165, 1.54) is 22.2 Å². The first kappa shape index (κ1) is 17.4. The van der Waals surface area contributed by atoms with Gasteiger partial charge in [-0.2, -0.15) is 10.4 Å². The van der Waals surface area contributed by atoms with Crippen molar-refractivity contribution in [3.05, 3.63) is 92.3 Å². The lowest BCUT2D eigenvalue weighted by Crippen LogP contribution is -2.25. The maximum atomic E-state index is 12.7. The van der Waals surface area contributed by atoms with Crippen molar-refractivity contribution in [2.45, 2.75) is 12.5 Å². The number of rotatable bonds is 4. The Morgan fingerprint density at radius 1 is 1.15 bits per heavy atom. The third-order valence-corrected chi connectivity index (χ3v) is 5.67. The van der Waals surface area contributed by atoms with Gasteiger partial charge in [0.25, 0.3) is 5.56 Å². The fraction of sp³-hybridized carbons (Fsp3) is 0.100. The molecule has 132 valence electrons. The van der Waals surface area contributed by atoms with Crippen molar-refractivity contribution in [2.24, 2.45) is 0 Å². The van der Waals surface area contributed by atoms with Crippen molar-refractivity contribution >= 4 is 33.2 Å². The van der Waals surface area contributed by atoms with E-state index < -0.39 is 11.5 Å². The number of hydrogen-bond acceptors (Lipinski definition) is 5. The number of nitrogens with zero attached hydrogens (tertiary/aromatic N) is 4. The summed E-state index contributed by atoms with van der Waals surface area (Å²) in [7, 11) is 0. The van der Waals surface area contributed by atoms with Crippen LogP contribution < -0.4 is 5.56 Å². The molecule has 27 heavy (non-hydrogen) atoms. The van der Waals surface area contributed by atoms with Gasteiger partial charge in [-0.3, -0.25) is 4.79 Å². The minimum atomic E-state index is -0.735. The molecule has 0 spiro atoms. The molecule has 0 aliphatic rings. The smallest absolute Gasteiger partial charge is 0.266 e. The van der Waals surface area contributed by atoms with E-state index in [0.717, 1.165) is 15.8 Å². The first-order valence-electron chi connectivity index (χ1n) is 8.22. The summed E-state index contributed by atoms with van der Waals surface area (Å²) in [5.74, 6) is -0.735. The van der Waals surface area contributed by atoms with Crippen molar-refractivity contribution in [1.29, 1.82) is 5.26 Å². The number of para-hydroxylation sites is 1. The summed E-state index contributed by atoms with van der Waals surface area (Å²) in [6.45, 7) is 0.317. The van der Waals surface area contributed by atoms with Gasteiger partial charge < -0.3 is 0 Å². The summed E-state index contributed by atoms with van der Waals surface area (Å²) in [5, 5.41) is 14.5. The van der Waals surface area contributed by atoms with Gasteiger partial charge in [-0.1, -0.05) is 54.1 Å². The van der Waals surface area contributed by atoms with Gasteiger partial charge in [0.2, 0.25) is 0 Å². The van der Waals surface area contributed by atoms with E-state index in [1.54, 1.807) is 0 Å². The van der Waals surface area contributed by atoms with E-state index in [0.29, 0.717) is 17.1 Å². The van der Waals surface area contributed by atoms with Crippen LogP contribution >= 0.6 is 22.9 Å². The summed E-state index contributed by atoms with van der Waals surface area (Å²) in [6, 6.07) is 19.4. The Balaban J connectivity index is 1.73. The molecule has 2 heterocycles. The highest BCUT2D eigenvalue weighted by molar-refractivity contribution is 7.18. The van der Waals surface area contributed by atoms with Crippen LogP contribution in [0.3, 0.4) is 0 Å². The highest BCUT2D eigenvalue weighted by atomic mass is 35.5. The summed E-state index contributed by atoms with van der Waals surface area (Å²) >= 11 is 7.76. The van der Waals surface area contributed by atoms with E-state index >= 15 is 0 Å². The van der Waals surface area contributed by atoms with E-state index in [9.17, 15) is 10.1 Å². The average Bonchev–Trinajstić information content (AvgIpc) is 3.12. The van der Waals surface area contributed by atoms with Crippen LogP contribution in [0.25, 0.3) is 10.2 Å². The molecule has 0 saturated carbocycles. The molecule has 2 aromatic carbocycles. The minimum absolute atomic E-state index is 0.00624. The third-order valence-electron chi connectivity index (χ3n) is 4.18. The number of aromatic nitrogens is 3. The van der Waals surface area contributed by atoms with Gasteiger partial charge >= 0.3 is 0 Å². The molecule has 1 atom stereocenters. The number of nitriles is 1. The lowest BCUT2D eigenvalue weighted by atomic mass is 10.0. The Bertz CT molecular complexity index is 1180. The van der Waals surface area contributed by atoms with Gasteiger partial charge in [0, 0.05) is 5.56 Å². The predicted octanol–water partition coefficient (Wildman–Crippen LogP) is 4.21. The van der Waals surface area contributed by atoms with E-state index in [-0.39, 0.29) is 5.02 Å². The molecule has 0 saturated heterocycles. The molecule has 7 heteroatoms. The van der Waals surface area contributed by atoms with Crippen molar-refractivity contribution in [2.75, 3.05) is 0 Å². The number of thiazole rings is 1. The zero-order valence-corrected chi connectivity index (χ0v) is 15.6. The molecule has 0 amide bonds. The second kappa shape index (κ2) is 7.31. The second-order valence-electron chi connectivity index (χ2n) is 5.94. The highest BCUT2D eigenvalue weighted by Crippen LogP contribution is 2.33. The zero-order chi connectivity index (χ0) is 18.8. The minimum Gasteiger partial charge on any atom is -0.266 e. The zero-order valence-electron chi connectivity index (χ0n) is 14.0. The fourth-order valence-corrected chi connectivity index (χ4v) is 4.11. The van der Waals surface area contributed by atoms with Gasteiger partial charge in [0.1, 0.15) is 15.9 Å². The van der Waals surface area contributed by atoms with Crippen molar-refractivity contribution in [3.63, 3.8) is 0 Å². The first-order valence-corrected chi connectivity index (χ1v) is 9.41. The van der Waals surface area contributed by atoms with Crippen LogP contribution in [0.5, 0.6) is 0 Å².